The third-order valence-corrected chi connectivity index (χ3v) is 7.79. The zero-order valence-corrected chi connectivity index (χ0v) is 24.4. The van der Waals surface area contributed by atoms with Crippen LogP contribution in [0.1, 0.15) is 72.7 Å². The first kappa shape index (κ1) is 29.6. The minimum atomic E-state index is -0.754. The lowest BCUT2D eigenvalue weighted by molar-refractivity contribution is -0.162. The highest BCUT2D eigenvalue weighted by Crippen LogP contribution is 2.31. The molecule has 0 saturated heterocycles. The summed E-state index contributed by atoms with van der Waals surface area (Å²) in [5.41, 5.74) is 8.55. The molecule has 4 atom stereocenters. The number of nitrogens with zero attached hydrogens (tertiary/aromatic N) is 1. The fourth-order valence-corrected chi connectivity index (χ4v) is 5.24. The molecule has 4 nitrogen and oxygen atoms in total. The van der Waals surface area contributed by atoms with Crippen LogP contribution in [0.2, 0.25) is 0 Å². The van der Waals surface area contributed by atoms with Crippen molar-refractivity contribution >= 4 is 5.97 Å². The van der Waals surface area contributed by atoms with E-state index < -0.39 is 18.1 Å². The van der Waals surface area contributed by atoms with E-state index in [9.17, 15) is 9.90 Å². The summed E-state index contributed by atoms with van der Waals surface area (Å²) >= 11 is 0. The van der Waals surface area contributed by atoms with Crippen molar-refractivity contribution in [3.63, 3.8) is 0 Å². The van der Waals surface area contributed by atoms with Gasteiger partial charge < -0.3 is 9.84 Å². The molecule has 0 amide bonds. The summed E-state index contributed by atoms with van der Waals surface area (Å²) in [6.45, 7) is 17.8. The van der Waals surface area contributed by atoms with Crippen molar-refractivity contribution in [3.8, 4) is 0 Å². The van der Waals surface area contributed by atoms with Crippen molar-refractivity contribution in [2.24, 2.45) is 11.8 Å². The van der Waals surface area contributed by atoms with Crippen molar-refractivity contribution in [1.29, 1.82) is 0 Å². The third kappa shape index (κ3) is 7.33. The van der Waals surface area contributed by atoms with Crippen molar-refractivity contribution in [3.05, 3.63) is 106 Å². The molecule has 4 heteroatoms. The fraction of sp³-hybridized carbons (Fsp3) is 0.441. The van der Waals surface area contributed by atoms with Gasteiger partial charge in [0.2, 0.25) is 0 Å². The first-order valence-corrected chi connectivity index (χ1v) is 13.8. The number of hydrogen-bond donors (Lipinski definition) is 1. The van der Waals surface area contributed by atoms with E-state index in [-0.39, 0.29) is 17.9 Å². The van der Waals surface area contributed by atoms with Gasteiger partial charge in [-0.3, -0.25) is 9.69 Å². The molecule has 0 aliphatic rings. The molecule has 38 heavy (non-hydrogen) atoms. The van der Waals surface area contributed by atoms with Crippen LogP contribution in [0, 0.1) is 39.5 Å². The second-order valence-electron chi connectivity index (χ2n) is 11.2. The average Bonchev–Trinajstić information content (AvgIpc) is 2.88. The summed E-state index contributed by atoms with van der Waals surface area (Å²) in [5, 5.41) is 10.6. The molecule has 0 aliphatic carbocycles. The predicted octanol–water partition coefficient (Wildman–Crippen LogP) is 7.25. The SMILES string of the molecule is Cc1cc(C)c(CN(Cc2ccccc2C)[C@@H](C)[C@H](OC(=O)C(C)C(O)C(C)C)c2ccccc2)c(C)c1. The topological polar surface area (TPSA) is 49.8 Å². The van der Waals surface area contributed by atoms with Crippen LogP contribution < -0.4 is 0 Å². The molecule has 0 aliphatic heterocycles. The number of aliphatic hydroxyl groups is 1. The highest BCUT2D eigenvalue weighted by Gasteiger charge is 2.33. The maximum Gasteiger partial charge on any atom is 0.311 e. The molecule has 2 unspecified atom stereocenters. The Morgan fingerprint density at radius 2 is 1.39 bits per heavy atom. The van der Waals surface area contributed by atoms with Gasteiger partial charge in [-0.05, 0) is 80.8 Å². The number of carbonyl (C=O) groups is 1. The number of hydrogen-bond acceptors (Lipinski definition) is 4. The number of benzene rings is 3. The van der Waals surface area contributed by atoms with Gasteiger partial charge in [-0.2, -0.15) is 0 Å². The standard InChI is InChI=1S/C34H45NO3/c1-22(2)32(36)27(7)34(37)38-33(29-15-10-9-11-16-29)28(8)35(20-30-17-13-12-14-24(30)4)21-31-25(5)18-23(3)19-26(31)6/h9-19,22,27-28,32-33,36H,20-21H2,1-8H3/t27?,28-,32?,33-/m0/s1. The zero-order chi connectivity index (χ0) is 28.0. The Morgan fingerprint density at radius 1 is 0.816 bits per heavy atom. The highest BCUT2D eigenvalue weighted by atomic mass is 16.5. The lowest BCUT2D eigenvalue weighted by Gasteiger charge is -2.36. The van der Waals surface area contributed by atoms with Crippen molar-refractivity contribution < 1.29 is 14.6 Å². The van der Waals surface area contributed by atoms with E-state index >= 15 is 0 Å². The van der Waals surface area contributed by atoms with Crippen LogP contribution in [0.3, 0.4) is 0 Å². The maximum atomic E-state index is 13.3. The number of carbonyl (C=O) groups excluding carboxylic acids is 1. The Morgan fingerprint density at radius 3 is 1.97 bits per heavy atom. The van der Waals surface area contributed by atoms with Crippen LogP contribution in [-0.2, 0) is 22.6 Å². The smallest absolute Gasteiger partial charge is 0.311 e. The van der Waals surface area contributed by atoms with E-state index in [1.807, 2.05) is 44.2 Å². The lowest BCUT2D eigenvalue weighted by atomic mass is 9.94. The number of rotatable bonds is 11. The van der Waals surface area contributed by atoms with Gasteiger partial charge in [0, 0.05) is 19.1 Å². The summed E-state index contributed by atoms with van der Waals surface area (Å²) in [4.78, 5) is 15.7. The van der Waals surface area contributed by atoms with Gasteiger partial charge in [0.1, 0.15) is 6.10 Å². The van der Waals surface area contributed by atoms with E-state index in [4.69, 9.17) is 4.74 Å². The largest absolute Gasteiger partial charge is 0.456 e. The second-order valence-corrected chi connectivity index (χ2v) is 11.2. The van der Waals surface area contributed by atoms with E-state index in [1.165, 1.54) is 33.4 Å². The molecule has 3 rings (SSSR count). The monoisotopic (exact) mass is 515 g/mol. The molecule has 1 N–H and O–H groups in total. The molecule has 0 fully saturated rings. The summed E-state index contributed by atoms with van der Waals surface area (Å²) < 4.78 is 6.26. The van der Waals surface area contributed by atoms with Crippen LogP contribution in [0.15, 0.2) is 66.7 Å². The van der Waals surface area contributed by atoms with Gasteiger partial charge >= 0.3 is 5.97 Å². The molecule has 0 heterocycles. The first-order chi connectivity index (χ1) is 18.0. The van der Waals surface area contributed by atoms with Crippen LogP contribution in [0.25, 0.3) is 0 Å². The van der Waals surface area contributed by atoms with Crippen LogP contribution >= 0.6 is 0 Å². The van der Waals surface area contributed by atoms with Gasteiger partial charge in [0.25, 0.3) is 0 Å². The van der Waals surface area contributed by atoms with E-state index in [0.29, 0.717) is 0 Å². The van der Waals surface area contributed by atoms with E-state index in [0.717, 1.165) is 18.7 Å². The molecule has 0 radical (unpaired) electrons. The average molecular weight is 516 g/mol. The van der Waals surface area contributed by atoms with Crippen molar-refractivity contribution in [1.82, 2.24) is 4.90 Å². The van der Waals surface area contributed by atoms with Gasteiger partial charge in [0.05, 0.1) is 12.0 Å². The van der Waals surface area contributed by atoms with Gasteiger partial charge in [-0.1, -0.05) is 86.1 Å². The van der Waals surface area contributed by atoms with Crippen molar-refractivity contribution in [2.75, 3.05) is 0 Å². The minimum absolute atomic E-state index is 0.0322. The molecule has 0 aromatic heterocycles. The molecule has 0 spiro atoms. The highest BCUT2D eigenvalue weighted by molar-refractivity contribution is 5.73. The van der Waals surface area contributed by atoms with E-state index in [1.54, 1.807) is 6.92 Å². The Bertz CT molecular complexity index is 1180. The molecule has 0 saturated carbocycles. The summed E-state index contributed by atoms with van der Waals surface area (Å²) in [6, 6.07) is 22.8. The summed E-state index contributed by atoms with van der Waals surface area (Å²) in [6.07, 6.45) is -1.24. The zero-order valence-electron chi connectivity index (χ0n) is 24.4. The second kappa shape index (κ2) is 13.2. The minimum Gasteiger partial charge on any atom is -0.456 e. The van der Waals surface area contributed by atoms with Crippen molar-refractivity contribution in [2.45, 2.75) is 86.7 Å². The molecule has 3 aromatic rings. The Kier molecular flexibility index (Phi) is 10.3. The Labute approximate surface area is 229 Å². The summed E-state index contributed by atoms with van der Waals surface area (Å²) in [7, 11) is 0. The number of ether oxygens (including phenoxy) is 1. The summed E-state index contributed by atoms with van der Waals surface area (Å²) in [5.74, 6) is -1.01. The van der Waals surface area contributed by atoms with Gasteiger partial charge in [-0.15, -0.1) is 0 Å². The van der Waals surface area contributed by atoms with Crippen LogP contribution in [-0.4, -0.2) is 28.1 Å². The molecule has 204 valence electrons. The number of aryl methyl sites for hydroxylation is 4. The maximum absolute atomic E-state index is 13.3. The van der Waals surface area contributed by atoms with Gasteiger partial charge in [-0.25, -0.2) is 0 Å². The molecule has 0 bridgehead atoms. The fourth-order valence-electron chi connectivity index (χ4n) is 5.24. The molecular formula is C34H45NO3. The lowest BCUT2D eigenvalue weighted by Crippen LogP contribution is -2.40. The first-order valence-electron chi connectivity index (χ1n) is 13.8. The Hall–Kier alpha value is -2.95. The number of esters is 1. The number of aliphatic hydroxyl groups excluding tert-OH is 1. The van der Waals surface area contributed by atoms with E-state index in [2.05, 4.69) is 75.9 Å². The third-order valence-electron chi connectivity index (χ3n) is 7.79. The van der Waals surface area contributed by atoms with Gasteiger partial charge in [0.15, 0.2) is 0 Å². The quantitative estimate of drug-likeness (QED) is 0.273. The predicted molar refractivity (Wildman–Crippen MR) is 156 cm³/mol. The van der Waals surface area contributed by atoms with Crippen LogP contribution in [0.4, 0.5) is 0 Å². The van der Waals surface area contributed by atoms with Crippen LogP contribution in [0.5, 0.6) is 0 Å². The normalized spacial score (nSPS) is 14.8. The molecule has 3 aromatic carbocycles. The molecular weight excluding hydrogens is 470 g/mol. The Balaban J connectivity index is 2.02.